The van der Waals surface area contributed by atoms with Gasteiger partial charge in [-0.1, -0.05) is 110 Å². The number of aliphatic hydroxyl groups excluding tert-OH is 6. The summed E-state index contributed by atoms with van der Waals surface area (Å²) in [7, 11) is 1.53. The predicted molar refractivity (Wildman–Crippen MR) is 176 cm³/mol. The average Bonchev–Trinajstić information content (AvgIpc) is 3.04. The van der Waals surface area contributed by atoms with E-state index in [0.29, 0.717) is 19.3 Å². The molecule has 1 aliphatic heterocycles. The van der Waals surface area contributed by atoms with Crippen molar-refractivity contribution in [3.8, 4) is 0 Å². The maximum absolute atomic E-state index is 12.9. The van der Waals surface area contributed by atoms with Gasteiger partial charge in [0.2, 0.25) is 11.8 Å². The van der Waals surface area contributed by atoms with Crippen LogP contribution in [0.1, 0.15) is 129 Å². The molecular weight excluding hydrogens is 596 g/mol. The first kappa shape index (κ1) is 42.6. The number of ether oxygens (including phenoxy) is 2. The zero-order chi connectivity index (χ0) is 34.3. The fourth-order valence-electron chi connectivity index (χ4n) is 5.71. The van der Waals surface area contributed by atoms with Gasteiger partial charge in [-0.25, -0.2) is 0 Å². The van der Waals surface area contributed by atoms with Gasteiger partial charge in [0.05, 0.1) is 31.9 Å². The Kier molecular flexibility index (Phi) is 23.7. The highest BCUT2D eigenvalue weighted by molar-refractivity contribution is 5.84. The number of hydrogen-bond donors (Lipinski definition) is 7. The smallest absolute Gasteiger partial charge is 0.240 e. The monoisotopic (exact) mass is 662 g/mol. The van der Waals surface area contributed by atoms with Gasteiger partial charge < -0.3 is 50.3 Å². The maximum atomic E-state index is 12.9. The minimum Gasteiger partial charge on any atom is -0.394 e. The van der Waals surface area contributed by atoms with Crippen LogP contribution in [-0.2, 0) is 19.1 Å². The lowest BCUT2D eigenvalue weighted by Crippen LogP contribution is -2.60. The number of nitrogens with zero attached hydrogens (tertiary/aromatic N) is 1. The Hall–Kier alpha value is -1.38. The topological polar surface area (TPSA) is 189 Å². The molecule has 46 heavy (non-hydrogen) atoms. The van der Waals surface area contributed by atoms with Crippen molar-refractivity contribution in [2.24, 2.45) is 0 Å². The van der Waals surface area contributed by atoms with E-state index in [1.165, 1.54) is 63.3 Å². The Morgan fingerprint density at radius 2 is 1.30 bits per heavy atom. The summed E-state index contributed by atoms with van der Waals surface area (Å²) in [5.41, 5.74) is 0. The highest BCUT2D eigenvalue weighted by Gasteiger charge is 2.44. The number of unbranched alkanes of at least 4 members (excludes halogenated alkanes) is 14. The minimum absolute atomic E-state index is 0.173. The van der Waals surface area contributed by atoms with Crippen LogP contribution in [0.4, 0.5) is 0 Å². The van der Waals surface area contributed by atoms with Crippen LogP contribution in [0.25, 0.3) is 0 Å². The Balaban J connectivity index is 2.64. The molecule has 1 fully saturated rings. The molecule has 0 radical (unpaired) electrons. The molecule has 1 rings (SSSR count). The lowest BCUT2D eigenvalue weighted by atomic mass is 9.98. The molecule has 12 heteroatoms. The second-order valence-corrected chi connectivity index (χ2v) is 13.0. The van der Waals surface area contributed by atoms with E-state index in [0.717, 1.165) is 44.9 Å². The van der Waals surface area contributed by atoms with Crippen LogP contribution in [0, 0.1) is 0 Å². The van der Waals surface area contributed by atoms with Gasteiger partial charge in [0, 0.05) is 13.5 Å². The van der Waals surface area contributed by atoms with Crippen LogP contribution >= 0.6 is 0 Å². The molecule has 0 spiro atoms. The molecule has 1 heterocycles. The molecule has 0 aromatic heterocycles. The Morgan fingerprint density at radius 3 is 1.85 bits per heavy atom. The van der Waals surface area contributed by atoms with E-state index in [4.69, 9.17) is 9.47 Å². The lowest BCUT2D eigenvalue weighted by Gasteiger charge is -2.40. The first-order chi connectivity index (χ1) is 22.1. The summed E-state index contributed by atoms with van der Waals surface area (Å²) in [6.07, 6.45) is 8.24. The first-order valence-electron chi connectivity index (χ1n) is 17.9. The molecule has 7 N–H and O–H groups in total. The summed E-state index contributed by atoms with van der Waals surface area (Å²) in [6.45, 7) is 2.99. The van der Waals surface area contributed by atoms with E-state index in [2.05, 4.69) is 19.2 Å². The number of likely N-dealkylation sites (N-methyl/N-ethyl adjacent to an activating group) is 1. The van der Waals surface area contributed by atoms with Crippen molar-refractivity contribution in [1.29, 1.82) is 0 Å². The molecule has 272 valence electrons. The summed E-state index contributed by atoms with van der Waals surface area (Å²) in [4.78, 5) is 26.7. The van der Waals surface area contributed by atoms with Crippen LogP contribution in [0.15, 0.2) is 0 Å². The van der Waals surface area contributed by atoms with Crippen molar-refractivity contribution in [2.45, 2.75) is 178 Å². The molecule has 1 aliphatic rings. The molecule has 0 aromatic carbocycles. The number of carbonyl (C=O) groups excluding carboxylic acids is 2. The second-order valence-electron chi connectivity index (χ2n) is 13.0. The third-order valence-electron chi connectivity index (χ3n) is 8.85. The second kappa shape index (κ2) is 25.6. The van der Waals surface area contributed by atoms with E-state index in [9.17, 15) is 40.2 Å². The summed E-state index contributed by atoms with van der Waals surface area (Å²) in [6, 6.07) is -1.14. The van der Waals surface area contributed by atoms with Gasteiger partial charge in [0.15, 0.2) is 6.29 Å². The number of carbonyl (C=O) groups is 2. The van der Waals surface area contributed by atoms with Crippen LogP contribution in [0.2, 0.25) is 0 Å². The van der Waals surface area contributed by atoms with Gasteiger partial charge >= 0.3 is 0 Å². The van der Waals surface area contributed by atoms with Gasteiger partial charge in [-0.05, 0) is 12.8 Å². The van der Waals surface area contributed by atoms with Crippen molar-refractivity contribution in [2.75, 3.05) is 26.8 Å². The van der Waals surface area contributed by atoms with Gasteiger partial charge in [0.1, 0.15) is 30.5 Å². The number of aliphatic hydroxyl groups is 6. The number of rotatable bonds is 27. The van der Waals surface area contributed by atoms with Gasteiger partial charge in [0.25, 0.3) is 0 Å². The molecular formula is C34H66N2O10. The van der Waals surface area contributed by atoms with E-state index >= 15 is 0 Å². The van der Waals surface area contributed by atoms with Gasteiger partial charge in [-0.15, -0.1) is 0 Å². The molecule has 1 saturated heterocycles. The molecule has 12 nitrogen and oxygen atoms in total. The summed E-state index contributed by atoms with van der Waals surface area (Å²) < 4.78 is 11.0. The summed E-state index contributed by atoms with van der Waals surface area (Å²) >= 11 is 0. The molecule has 2 unspecified atom stereocenters. The van der Waals surface area contributed by atoms with E-state index in [1.807, 2.05) is 0 Å². The Morgan fingerprint density at radius 1 is 0.783 bits per heavy atom. The van der Waals surface area contributed by atoms with Crippen molar-refractivity contribution < 1.29 is 49.7 Å². The van der Waals surface area contributed by atoms with E-state index in [-0.39, 0.29) is 12.5 Å². The van der Waals surface area contributed by atoms with Crippen molar-refractivity contribution in [3.63, 3.8) is 0 Å². The molecule has 0 saturated carbocycles. The van der Waals surface area contributed by atoms with Crippen LogP contribution in [0.5, 0.6) is 0 Å². The first-order valence-corrected chi connectivity index (χ1v) is 17.9. The van der Waals surface area contributed by atoms with E-state index in [1.54, 1.807) is 0 Å². The lowest BCUT2D eigenvalue weighted by molar-refractivity contribution is -0.303. The number of amides is 2. The van der Waals surface area contributed by atoms with E-state index < -0.39 is 68.1 Å². The minimum atomic E-state index is -1.66. The third-order valence-corrected chi connectivity index (χ3v) is 8.85. The van der Waals surface area contributed by atoms with Crippen molar-refractivity contribution in [3.05, 3.63) is 0 Å². The normalized spacial score (nSPS) is 23.5. The molecule has 0 aliphatic carbocycles. The van der Waals surface area contributed by atoms with Crippen molar-refractivity contribution >= 4 is 11.8 Å². The fraction of sp³-hybridized carbons (Fsp3) is 0.941. The highest BCUT2D eigenvalue weighted by Crippen LogP contribution is 2.23. The molecule has 8 atom stereocenters. The Bertz CT molecular complexity index is 789. The third kappa shape index (κ3) is 17.1. The quantitative estimate of drug-likeness (QED) is 0.0644. The summed E-state index contributed by atoms with van der Waals surface area (Å²) in [5.74, 6) is -0.739. The van der Waals surface area contributed by atoms with Crippen LogP contribution in [0.3, 0.4) is 0 Å². The van der Waals surface area contributed by atoms with Crippen LogP contribution < -0.4 is 5.32 Å². The average molecular weight is 663 g/mol. The van der Waals surface area contributed by atoms with Gasteiger partial charge in [-0.2, -0.15) is 0 Å². The summed E-state index contributed by atoms with van der Waals surface area (Å²) in [5, 5.41) is 64.4. The largest absolute Gasteiger partial charge is 0.394 e. The number of nitrogens with one attached hydrogen (secondary N) is 1. The van der Waals surface area contributed by atoms with Crippen LogP contribution in [-0.4, -0.2) is 123 Å². The maximum Gasteiger partial charge on any atom is 0.240 e. The van der Waals surface area contributed by atoms with Gasteiger partial charge in [-0.3, -0.25) is 9.59 Å². The zero-order valence-corrected chi connectivity index (χ0v) is 28.7. The zero-order valence-electron chi connectivity index (χ0n) is 28.7. The Labute approximate surface area is 276 Å². The standard InChI is InChI=1S/C34H66N2O10/c1-4-6-8-10-11-12-13-14-15-16-17-18-20-26(38)30(41)25(24-45-34-33(44)32(43)31(42)27(23-37)46-34)35-28(39)22-36(3)29(40)21-19-9-7-5-2/h25-27,30-34,37-38,41-44H,4-24H2,1-3H3,(H,35,39)/t25-,26+,27?,30-,31-,32-,33?,34-/m0/s1. The number of hydrogen-bond acceptors (Lipinski definition) is 10. The molecule has 0 aromatic rings. The van der Waals surface area contributed by atoms with Crippen molar-refractivity contribution in [1.82, 2.24) is 10.2 Å². The fourth-order valence-corrected chi connectivity index (χ4v) is 5.71. The highest BCUT2D eigenvalue weighted by atomic mass is 16.7. The molecule has 2 amide bonds. The molecule has 0 bridgehead atoms. The predicted octanol–water partition coefficient (Wildman–Crippen LogP) is 2.53. The SMILES string of the molecule is CCCCCCCCCCCCCC[C@@H](O)[C@@H](O)[C@H](CO[C@H]1OC(CO)[C@H](O)[C@H](O)C1O)NC(=O)CN(C)C(=O)CCCCCC.